The highest BCUT2D eigenvalue weighted by molar-refractivity contribution is 5.75. The summed E-state index contributed by atoms with van der Waals surface area (Å²) in [5, 5.41) is 3.27. The standard InChI is InChI=1S/C13H26N2O2/c1-5-15(11-6-7-11)9-8-12(13(16)17-4)14-10(2)3/h10-12,14H,5-9H2,1-4H3. The van der Waals surface area contributed by atoms with E-state index in [1.165, 1.54) is 20.0 Å². The molecule has 0 amide bonds. The zero-order valence-electron chi connectivity index (χ0n) is 11.5. The first kappa shape index (κ1) is 14.5. The molecule has 1 rings (SSSR count). The summed E-state index contributed by atoms with van der Waals surface area (Å²) in [5.41, 5.74) is 0. The second-order valence-corrected chi connectivity index (χ2v) is 5.05. The van der Waals surface area contributed by atoms with Crippen molar-refractivity contribution < 1.29 is 9.53 Å². The summed E-state index contributed by atoms with van der Waals surface area (Å²) >= 11 is 0. The number of esters is 1. The van der Waals surface area contributed by atoms with Crippen molar-refractivity contribution in [1.29, 1.82) is 0 Å². The number of rotatable bonds is 8. The van der Waals surface area contributed by atoms with Crippen LogP contribution in [-0.2, 0) is 9.53 Å². The molecule has 100 valence electrons. The van der Waals surface area contributed by atoms with Crippen LogP contribution in [0.3, 0.4) is 0 Å². The van der Waals surface area contributed by atoms with Gasteiger partial charge in [0.15, 0.2) is 0 Å². The van der Waals surface area contributed by atoms with E-state index in [4.69, 9.17) is 4.74 Å². The highest BCUT2D eigenvalue weighted by Gasteiger charge is 2.29. The van der Waals surface area contributed by atoms with Gasteiger partial charge in [0.05, 0.1) is 7.11 Å². The molecule has 1 saturated carbocycles. The number of carbonyl (C=O) groups excluding carboxylic acids is 1. The Morgan fingerprint density at radius 1 is 1.47 bits per heavy atom. The average Bonchev–Trinajstić information content (AvgIpc) is 3.11. The van der Waals surface area contributed by atoms with Crippen LogP contribution in [0.15, 0.2) is 0 Å². The first-order valence-corrected chi connectivity index (χ1v) is 6.66. The van der Waals surface area contributed by atoms with Crippen LogP contribution in [0, 0.1) is 0 Å². The van der Waals surface area contributed by atoms with Gasteiger partial charge in [-0.2, -0.15) is 0 Å². The van der Waals surface area contributed by atoms with E-state index in [2.05, 4.69) is 31.0 Å². The fourth-order valence-corrected chi connectivity index (χ4v) is 2.15. The van der Waals surface area contributed by atoms with Gasteiger partial charge in [0.25, 0.3) is 0 Å². The maximum Gasteiger partial charge on any atom is 0.322 e. The minimum atomic E-state index is -0.173. The molecular formula is C13H26N2O2. The Morgan fingerprint density at radius 3 is 2.53 bits per heavy atom. The summed E-state index contributed by atoms with van der Waals surface area (Å²) in [6.07, 6.45) is 3.46. The molecule has 0 heterocycles. The van der Waals surface area contributed by atoms with Crippen LogP contribution in [0.4, 0.5) is 0 Å². The fourth-order valence-electron chi connectivity index (χ4n) is 2.15. The Balaban J connectivity index is 2.38. The van der Waals surface area contributed by atoms with Crippen molar-refractivity contribution in [2.45, 2.75) is 58.2 Å². The highest BCUT2D eigenvalue weighted by atomic mass is 16.5. The van der Waals surface area contributed by atoms with Gasteiger partial charge in [0.2, 0.25) is 0 Å². The maximum atomic E-state index is 11.6. The van der Waals surface area contributed by atoms with Gasteiger partial charge in [-0.3, -0.25) is 4.79 Å². The van der Waals surface area contributed by atoms with E-state index in [0.29, 0.717) is 6.04 Å². The minimum absolute atomic E-state index is 0.148. The summed E-state index contributed by atoms with van der Waals surface area (Å²) < 4.78 is 4.84. The van der Waals surface area contributed by atoms with Crippen molar-refractivity contribution in [3.05, 3.63) is 0 Å². The van der Waals surface area contributed by atoms with Crippen molar-refractivity contribution in [3.63, 3.8) is 0 Å². The molecule has 0 saturated heterocycles. The van der Waals surface area contributed by atoms with Crippen molar-refractivity contribution in [3.8, 4) is 0 Å². The number of nitrogens with one attached hydrogen (secondary N) is 1. The SMILES string of the molecule is CCN(CCC(NC(C)C)C(=O)OC)C1CC1. The Kier molecular flexibility index (Phi) is 5.92. The molecule has 0 spiro atoms. The van der Waals surface area contributed by atoms with Gasteiger partial charge in [-0.25, -0.2) is 0 Å². The molecule has 0 aliphatic heterocycles. The number of methoxy groups -OCH3 is 1. The monoisotopic (exact) mass is 242 g/mol. The molecule has 0 aromatic rings. The van der Waals surface area contributed by atoms with Crippen molar-refractivity contribution in [2.24, 2.45) is 0 Å². The molecule has 0 aromatic carbocycles. The van der Waals surface area contributed by atoms with Gasteiger partial charge in [0.1, 0.15) is 6.04 Å². The van der Waals surface area contributed by atoms with E-state index in [-0.39, 0.29) is 12.0 Å². The van der Waals surface area contributed by atoms with Crippen molar-refractivity contribution in [1.82, 2.24) is 10.2 Å². The summed E-state index contributed by atoms with van der Waals surface area (Å²) in [4.78, 5) is 14.1. The van der Waals surface area contributed by atoms with Crippen molar-refractivity contribution >= 4 is 5.97 Å². The van der Waals surface area contributed by atoms with E-state index in [9.17, 15) is 4.79 Å². The van der Waals surface area contributed by atoms with Gasteiger partial charge < -0.3 is 15.0 Å². The summed E-state index contributed by atoms with van der Waals surface area (Å²) in [6.45, 7) is 8.32. The van der Waals surface area contributed by atoms with Crippen LogP contribution in [0.25, 0.3) is 0 Å². The summed E-state index contributed by atoms with van der Waals surface area (Å²) in [7, 11) is 1.45. The molecule has 1 atom stereocenters. The third-order valence-electron chi connectivity index (χ3n) is 3.19. The molecule has 0 aromatic heterocycles. The quantitative estimate of drug-likeness (QED) is 0.653. The molecule has 1 N–H and O–H groups in total. The predicted molar refractivity (Wildman–Crippen MR) is 69.0 cm³/mol. The number of carbonyl (C=O) groups is 1. The lowest BCUT2D eigenvalue weighted by Gasteiger charge is -2.24. The maximum absolute atomic E-state index is 11.6. The van der Waals surface area contributed by atoms with E-state index in [0.717, 1.165) is 25.6 Å². The summed E-state index contributed by atoms with van der Waals surface area (Å²) in [5.74, 6) is -0.148. The number of hydrogen-bond acceptors (Lipinski definition) is 4. The molecule has 1 fully saturated rings. The Hall–Kier alpha value is -0.610. The second-order valence-electron chi connectivity index (χ2n) is 5.05. The zero-order chi connectivity index (χ0) is 12.8. The lowest BCUT2D eigenvalue weighted by atomic mass is 10.1. The molecule has 1 aliphatic carbocycles. The molecule has 1 aliphatic rings. The van der Waals surface area contributed by atoms with Gasteiger partial charge in [0, 0.05) is 18.6 Å². The first-order chi connectivity index (χ1) is 8.08. The van der Waals surface area contributed by atoms with Crippen LogP contribution >= 0.6 is 0 Å². The topological polar surface area (TPSA) is 41.6 Å². The van der Waals surface area contributed by atoms with E-state index in [1.54, 1.807) is 0 Å². The molecule has 0 radical (unpaired) electrons. The third-order valence-corrected chi connectivity index (χ3v) is 3.19. The minimum Gasteiger partial charge on any atom is -0.468 e. The Morgan fingerprint density at radius 2 is 2.12 bits per heavy atom. The third kappa shape index (κ3) is 5.04. The fraction of sp³-hybridized carbons (Fsp3) is 0.923. The molecule has 1 unspecified atom stereocenters. The number of ether oxygens (including phenoxy) is 1. The van der Waals surface area contributed by atoms with Crippen LogP contribution in [-0.4, -0.2) is 49.2 Å². The smallest absolute Gasteiger partial charge is 0.322 e. The largest absolute Gasteiger partial charge is 0.468 e. The van der Waals surface area contributed by atoms with E-state index >= 15 is 0 Å². The molecule has 4 nitrogen and oxygen atoms in total. The van der Waals surface area contributed by atoms with Gasteiger partial charge in [-0.15, -0.1) is 0 Å². The van der Waals surface area contributed by atoms with Crippen LogP contribution in [0.1, 0.15) is 40.0 Å². The van der Waals surface area contributed by atoms with Crippen LogP contribution in [0.5, 0.6) is 0 Å². The van der Waals surface area contributed by atoms with Gasteiger partial charge in [-0.05, 0) is 25.8 Å². The second kappa shape index (κ2) is 6.97. The first-order valence-electron chi connectivity index (χ1n) is 6.66. The van der Waals surface area contributed by atoms with Gasteiger partial charge in [-0.1, -0.05) is 20.8 Å². The van der Waals surface area contributed by atoms with Crippen LogP contribution in [0.2, 0.25) is 0 Å². The van der Waals surface area contributed by atoms with Crippen molar-refractivity contribution in [2.75, 3.05) is 20.2 Å². The summed E-state index contributed by atoms with van der Waals surface area (Å²) in [6, 6.07) is 0.889. The molecule has 17 heavy (non-hydrogen) atoms. The normalized spacial score (nSPS) is 17.5. The Labute approximate surface area is 105 Å². The molecular weight excluding hydrogens is 216 g/mol. The molecule has 0 bridgehead atoms. The molecule has 4 heteroatoms. The van der Waals surface area contributed by atoms with Crippen LogP contribution < -0.4 is 5.32 Å². The highest BCUT2D eigenvalue weighted by Crippen LogP contribution is 2.26. The Bertz CT molecular complexity index is 240. The van der Waals surface area contributed by atoms with Gasteiger partial charge >= 0.3 is 5.97 Å². The predicted octanol–water partition coefficient (Wildman–Crippen LogP) is 1.40. The van der Waals surface area contributed by atoms with E-state index in [1.807, 2.05) is 0 Å². The van der Waals surface area contributed by atoms with E-state index < -0.39 is 0 Å². The average molecular weight is 242 g/mol. The lowest BCUT2D eigenvalue weighted by Crippen LogP contribution is -2.44. The zero-order valence-corrected chi connectivity index (χ0v) is 11.5. The lowest BCUT2D eigenvalue weighted by molar-refractivity contribution is -0.143. The number of nitrogens with zero attached hydrogens (tertiary/aromatic N) is 1. The number of hydrogen-bond donors (Lipinski definition) is 1.